The number of para-hydroxylation sites is 1. The second-order valence-electron chi connectivity index (χ2n) is 4.67. The maximum Gasteiger partial charge on any atom is 0.411 e. The summed E-state index contributed by atoms with van der Waals surface area (Å²) in [5.74, 6) is -0.319. The summed E-state index contributed by atoms with van der Waals surface area (Å²) in [5.41, 5.74) is 0.874. The molecule has 0 aliphatic rings. The zero-order valence-corrected chi connectivity index (χ0v) is 12.9. The summed E-state index contributed by atoms with van der Waals surface area (Å²) in [4.78, 5) is 15.9. The average Bonchev–Trinajstić information content (AvgIpc) is 2.90. The Kier molecular flexibility index (Phi) is 6.12. The number of alkyl halides is 3. The van der Waals surface area contributed by atoms with Crippen LogP contribution in [-0.2, 0) is 9.53 Å². The van der Waals surface area contributed by atoms with Crippen molar-refractivity contribution in [1.82, 2.24) is 10.3 Å². The number of hydrogen-bond donors (Lipinski definition) is 1. The fourth-order valence-corrected chi connectivity index (χ4v) is 2.61. The maximum atomic E-state index is 11.8. The van der Waals surface area contributed by atoms with Crippen LogP contribution >= 0.6 is 11.3 Å². The molecule has 0 unspecified atom stereocenters. The fourth-order valence-electron chi connectivity index (χ4n) is 1.74. The molecule has 0 spiro atoms. The van der Waals surface area contributed by atoms with E-state index < -0.39 is 12.8 Å². The van der Waals surface area contributed by atoms with Gasteiger partial charge in [0.2, 0.25) is 5.91 Å². The third-order valence-electron chi connectivity index (χ3n) is 2.72. The van der Waals surface area contributed by atoms with Crippen LogP contribution in [0.4, 0.5) is 13.2 Å². The van der Waals surface area contributed by atoms with E-state index in [2.05, 4.69) is 15.0 Å². The van der Waals surface area contributed by atoms with Gasteiger partial charge in [-0.3, -0.25) is 4.79 Å². The van der Waals surface area contributed by atoms with E-state index >= 15 is 0 Å². The van der Waals surface area contributed by atoms with E-state index in [0.717, 1.165) is 15.2 Å². The molecule has 2 rings (SSSR count). The highest BCUT2D eigenvalue weighted by Crippen LogP contribution is 2.22. The van der Waals surface area contributed by atoms with Crippen molar-refractivity contribution < 1.29 is 22.7 Å². The van der Waals surface area contributed by atoms with Gasteiger partial charge in [-0.2, -0.15) is 13.2 Å². The minimum Gasteiger partial charge on any atom is -0.372 e. The second-order valence-corrected chi connectivity index (χ2v) is 5.73. The van der Waals surface area contributed by atoms with Crippen molar-refractivity contribution in [3.63, 3.8) is 0 Å². The Balaban J connectivity index is 1.68. The van der Waals surface area contributed by atoms with Crippen molar-refractivity contribution in [2.24, 2.45) is 0 Å². The third-order valence-corrected chi connectivity index (χ3v) is 3.72. The van der Waals surface area contributed by atoms with Crippen molar-refractivity contribution in [3.05, 3.63) is 35.3 Å². The van der Waals surface area contributed by atoms with Gasteiger partial charge in [0.15, 0.2) is 0 Å². The fraction of sp³-hybridized carbons (Fsp3) is 0.333. The Morgan fingerprint density at radius 3 is 2.87 bits per heavy atom. The summed E-state index contributed by atoms with van der Waals surface area (Å²) >= 11 is 1.47. The van der Waals surface area contributed by atoms with Crippen LogP contribution < -0.4 is 5.32 Å². The Hall–Kier alpha value is -1.93. The van der Waals surface area contributed by atoms with E-state index in [4.69, 9.17) is 0 Å². The molecule has 1 N–H and O–H groups in total. The molecule has 0 bridgehead atoms. The molecular formula is C15H15F3N2O2S. The number of benzene rings is 1. The van der Waals surface area contributed by atoms with E-state index in [9.17, 15) is 18.0 Å². The minimum absolute atomic E-state index is 0.0542. The van der Waals surface area contributed by atoms with Crippen LogP contribution in [-0.4, -0.2) is 36.8 Å². The lowest BCUT2D eigenvalue weighted by molar-refractivity contribution is -0.174. The van der Waals surface area contributed by atoms with Gasteiger partial charge in [-0.15, -0.1) is 11.3 Å². The summed E-state index contributed by atoms with van der Waals surface area (Å²) in [6.45, 7) is -1.07. The molecule has 4 nitrogen and oxygen atoms in total. The molecule has 124 valence electrons. The van der Waals surface area contributed by atoms with E-state index in [1.54, 1.807) is 6.08 Å². The number of amides is 1. The highest BCUT2D eigenvalue weighted by molar-refractivity contribution is 7.19. The van der Waals surface area contributed by atoms with Gasteiger partial charge in [-0.1, -0.05) is 12.1 Å². The third kappa shape index (κ3) is 6.37. The average molecular weight is 344 g/mol. The Bertz CT molecular complexity index is 650. The molecule has 0 atom stereocenters. The van der Waals surface area contributed by atoms with Crippen molar-refractivity contribution in [2.75, 3.05) is 19.8 Å². The maximum absolute atomic E-state index is 11.8. The molecule has 2 aromatic rings. The molecule has 1 aromatic carbocycles. The predicted octanol–water partition coefficient (Wildman–Crippen LogP) is 3.39. The second kappa shape index (κ2) is 8.07. The Morgan fingerprint density at radius 2 is 2.13 bits per heavy atom. The normalized spacial score (nSPS) is 12.1. The van der Waals surface area contributed by atoms with E-state index in [1.165, 1.54) is 17.4 Å². The van der Waals surface area contributed by atoms with Crippen LogP contribution in [0.5, 0.6) is 0 Å². The van der Waals surface area contributed by atoms with Gasteiger partial charge in [-0.05, 0) is 24.6 Å². The van der Waals surface area contributed by atoms with Crippen molar-refractivity contribution >= 4 is 33.5 Å². The van der Waals surface area contributed by atoms with Crippen LogP contribution in [0.1, 0.15) is 11.4 Å². The first kappa shape index (κ1) is 17.4. The molecule has 0 saturated heterocycles. The monoisotopic (exact) mass is 344 g/mol. The van der Waals surface area contributed by atoms with Crippen LogP contribution in [0.25, 0.3) is 16.3 Å². The van der Waals surface area contributed by atoms with Crippen molar-refractivity contribution in [1.29, 1.82) is 0 Å². The van der Waals surface area contributed by atoms with Gasteiger partial charge in [0, 0.05) is 19.2 Å². The summed E-state index contributed by atoms with van der Waals surface area (Å²) in [5, 5.41) is 3.29. The largest absolute Gasteiger partial charge is 0.411 e. The molecule has 0 fully saturated rings. The summed E-state index contributed by atoms with van der Waals surface area (Å²) in [6.07, 6.45) is -1.03. The molecular weight excluding hydrogens is 329 g/mol. The number of nitrogens with one attached hydrogen (secondary N) is 1. The number of thiazole rings is 1. The lowest BCUT2D eigenvalue weighted by Gasteiger charge is -2.07. The number of nitrogens with zero attached hydrogens (tertiary/aromatic N) is 1. The number of rotatable bonds is 7. The predicted molar refractivity (Wildman–Crippen MR) is 83.2 cm³/mol. The van der Waals surface area contributed by atoms with Crippen LogP contribution in [0.2, 0.25) is 0 Å². The van der Waals surface area contributed by atoms with Crippen LogP contribution in [0.3, 0.4) is 0 Å². The molecule has 1 heterocycles. The lowest BCUT2D eigenvalue weighted by Crippen LogP contribution is -2.24. The summed E-state index contributed by atoms with van der Waals surface area (Å²) in [7, 11) is 0. The van der Waals surface area contributed by atoms with Gasteiger partial charge >= 0.3 is 6.18 Å². The van der Waals surface area contributed by atoms with Gasteiger partial charge in [0.1, 0.15) is 11.6 Å². The molecule has 0 saturated carbocycles. The Labute approximate surface area is 135 Å². The summed E-state index contributed by atoms with van der Waals surface area (Å²) in [6, 6.07) is 7.65. The number of ether oxygens (including phenoxy) is 1. The van der Waals surface area contributed by atoms with E-state index in [0.29, 0.717) is 6.42 Å². The molecule has 0 radical (unpaired) electrons. The molecule has 1 aromatic heterocycles. The minimum atomic E-state index is -4.32. The van der Waals surface area contributed by atoms with Gasteiger partial charge < -0.3 is 10.1 Å². The number of halogens is 3. The molecule has 0 aliphatic carbocycles. The highest BCUT2D eigenvalue weighted by Gasteiger charge is 2.27. The standard InChI is InChI=1S/C15H15F3N2O2S/c16-15(17,18)10-22-9-3-8-19-13(21)6-7-14-20-11-4-1-2-5-12(11)23-14/h1-2,4-7H,3,8-10H2,(H,19,21). The van der Waals surface area contributed by atoms with E-state index in [1.807, 2.05) is 24.3 Å². The number of carbonyl (C=O) groups excluding carboxylic acids is 1. The zero-order valence-electron chi connectivity index (χ0n) is 12.1. The molecule has 23 heavy (non-hydrogen) atoms. The number of aromatic nitrogens is 1. The zero-order chi connectivity index (χ0) is 16.7. The number of fused-ring (bicyclic) bond motifs is 1. The number of hydrogen-bond acceptors (Lipinski definition) is 4. The Morgan fingerprint density at radius 1 is 1.35 bits per heavy atom. The SMILES string of the molecule is O=C(C=Cc1nc2ccccc2s1)NCCCOCC(F)(F)F. The van der Waals surface area contributed by atoms with E-state index in [-0.39, 0.29) is 19.1 Å². The molecule has 1 amide bonds. The van der Waals surface area contributed by atoms with Gasteiger partial charge in [-0.25, -0.2) is 4.98 Å². The molecule has 0 aliphatic heterocycles. The van der Waals surface area contributed by atoms with Gasteiger partial charge in [0.25, 0.3) is 0 Å². The first-order valence-corrected chi connectivity index (χ1v) is 7.72. The highest BCUT2D eigenvalue weighted by atomic mass is 32.1. The van der Waals surface area contributed by atoms with Crippen molar-refractivity contribution in [2.45, 2.75) is 12.6 Å². The van der Waals surface area contributed by atoms with Crippen LogP contribution in [0, 0.1) is 0 Å². The smallest absolute Gasteiger partial charge is 0.372 e. The van der Waals surface area contributed by atoms with Gasteiger partial charge in [0.05, 0.1) is 10.2 Å². The number of carbonyl (C=O) groups is 1. The first-order valence-electron chi connectivity index (χ1n) is 6.90. The first-order chi connectivity index (χ1) is 10.9. The quantitative estimate of drug-likeness (QED) is 0.619. The molecule has 8 heteroatoms. The van der Waals surface area contributed by atoms with Crippen LogP contribution in [0.15, 0.2) is 30.3 Å². The summed E-state index contributed by atoms with van der Waals surface area (Å²) < 4.78 is 40.9. The topological polar surface area (TPSA) is 51.2 Å². The van der Waals surface area contributed by atoms with Crippen molar-refractivity contribution in [3.8, 4) is 0 Å². The lowest BCUT2D eigenvalue weighted by atomic mass is 10.3.